The third kappa shape index (κ3) is 3.71. The Morgan fingerprint density at radius 1 is 1.57 bits per heavy atom. The smallest absolute Gasteiger partial charge is 0.341 e. The van der Waals surface area contributed by atoms with E-state index >= 15 is 0 Å². The molecule has 6 heteroatoms. The molecule has 0 bridgehead atoms. The number of nitrogens with zero attached hydrogens (tertiary/aromatic N) is 1. The van der Waals surface area contributed by atoms with E-state index in [-0.39, 0.29) is 12.0 Å². The summed E-state index contributed by atoms with van der Waals surface area (Å²) in [5.74, 6) is 0.920. The van der Waals surface area contributed by atoms with Crippen LogP contribution in [0, 0.1) is 6.92 Å². The van der Waals surface area contributed by atoms with Gasteiger partial charge in [-0.25, -0.2) is 9.78 Å². The number of aromatic nitrogens is 1. The molecule has 0 aliphatic carbocycles. The van der Waals surface area contributed by atoms with Crippen molar-refractivity contribution < 1.29 is 13.9 Å². The molecule has 0 saturated carbocycles. The van der Waals surface area contributed by atoms with Gasteiger partial charge in [-0.05, 0) is 26.3 Å². The van der Waals surface area contributed by atoms with Crippen LogP contribution in [-0.2, 0) is 17.7 Å². The standard InChI is InChI=1S/C15H20N2O3S/c1-5-12-8-17-14(21-12)9(2)16-7-11-6-13(10(3)20-11)15(18)19-4/h6,8-9,16H,5,7H2,1-4H3. The van der Waals surface area contributed by atoms with Gasteiger partial charge in [-0.1, -0.05) is 6.92 Å². The lowest BCUT2D eigenvalue weighted by molar-refractivity contribution is 0.0599. The lowest BCUT2D eigenvalue weighted by Gasteiger charge is -2.09. The number of carbonyl (C=O) groups excluding carboxylic acids is 1. The van der Waals surface area contributed by atoms with Gasteiger partial charge in [-0.2, -0.15) is 0 Å². The summed E-state index contributed by atoms with van der Waals surface area (Å²) in [6, 6.07) is 1.86. The number of carbonyl (C=O) groups is 1. The number of hydrogen-bond acceptors (Lipinski definition) is 6. The summed E-state index contributed by atoms with van der Waals surface area (Å²) in [7, 11) is 1.36. The second kappa shape index (κ2) is 6.87. The molecule has 2 aromatic heterocycles. The predicted octanol–water partition coefficient (Wildman–Crippen LogP) is 3.24. The molecule has 5 nitrogen and oxygen atoms in total. The normalized spacial score (nSPS) is 12.4. The molecule has 0 saturated heterocycles. The van der Waals surface area contributed by atoms with Gasteiger partial charge in [-0.3, -0.25) is 0 Å². The lowest BCUT2D eigenvalue weighted by Crippen LogP contribution is -2.17. The largest absolute Gasteiger partial charge is 0.465 e. The summed E-state index contributed by atoms with van der Waals surface area (Å²) >= 11 is 1.71. The second-order valence-electron chi connectivity index (χ2n) is 4.80. The van der Waals surface area contributed by atoms with E-state index < -0.39 is 0 Å². The topological polar surface area (TPSA) is 64.4 Å². The first-order valence-corrected chi connectivity index (χ1v) is 7.72. The van der Waals surface area contributed by atoms with Gasteiger partial charge in [0.05, 0.1) is 19.7 Å². The summed E-state index contributed by atoms with van der Waals surface area (Å²) in [6.45, 7) is 6.48. The Morgan fingerprint density at radius 3 is 2.95 bits per heavy atom. The molecule has 2 heterocycles. The van der Waals surface area contributed by atoms with Gasteiger partial charge in [0.1, 0.15) is 22.1 Å². The first kappa shape index (κ1) is 15.7. The zero-order valence-electron chi connectivity index (χ0n) is 12.7. The molecule has 1 N–H and O–H groups in total. The Balaban J connectivity index is 1.98. The Labute approximate surface area is 128 Å². The number of nitrogens with one attached hydrogen (secondary N) is 1. The van der Waals surface area contributed by atoms with Crippen LogP contribution in [-0.4, -0.2) is 18.1 Å². The van der Waals surface area contributed by atoms with Crippen molar-refractivity contribution in [2.45, 2.75) is 39.8 Å². The van der Waals surface area contributed by atoms with Crippen LogP contribution in [0.2, 0.25) is 0 Å². The Hall–Kier alpha value is -1.66. The average molecular weight is 308 g/mol. The zero-order valence-corrected chi connectivity index (χ0v) is 13.5. The van der Waals surface area contributed by atoms with Crippen LogP contribution in [0.5, 0.6) is 0 Å². The van der Waals surface area contributed by atoms with Gasteiger partial charge < -0.3 is 14.5 Å². The van der Waals surface area contributed by atoms with E-state index in [0.717, 1.165) is 11.4 Å². The van der Waals surface area contributed by atoms with Crippen LogP contribution in [0.3, 0.4) is 0 Å². The number of ether oxygens (including phenoxy) is 1. The van der Waals surface area contributed by atoms with Crippen LogP contribution in [0.15, 0.2) is 16.7 Å². The number of furan rings is 1. The van der Waals surface area contributed by atoms with Crippen molar-refractivity contribution in [1.82, 2.24) is 10.3 Å². The number of esters is 1. The molecule has 2 aromatic rings. The molecule has 1 unspecified atom stereocenters. The Kier molecular flexibility index (Phi) is 5.14. The Morgan fingerprint density at radius 2 is 2.33 bits per heavy atom. The quantitative estimate of drug-likeness (QED) is 0.830. The number of aryl methyl sites for hydroxylation is 2. The van der Waals surface area contributed by atoms with E-state index in [1.54, 1.807) is 24.3 Å². The van der Waals surface area contributed by atoms with Crippen molar-refractivity contribution in [3.05, 3.63) is 39.2 Å². The van der Waals surface area contributed by atoms with Crippen LogP contribution in [0.4, 0.5) is 0 Å². The van der Waals surface area contributed by atoms with Gasteiger partial charge in [0, 0.05) is 11.1 Å². The van der Waals surface area contributed by atoms with Crippen LogP contribution >= 0.6 is 11.3 Å². The second-order valence-corrected chi connectivity index (χ2v) is 5.94. The van der Waals surface area contributed by atoms with E-state index in [0.29, 0.717) is 23.6 Å². The van der Waals surface area contributed by atoms with Gasteiger partial charge >= 0.3 is 5.97 Å². The molecule has 2 rings (SSSR count). The van der Waals surface area contributed by atoms with Crippen molar-refractivity contribution in [3.63, 3.8) is 0 Å². The third-order valence-corrected chi connectivity index (χ3v) is 4.57. The molecule has 0 aromatic carbocycles. The summed E-state index contributed by atoms with van der Waals surface area (Å²) in [6.07, 6.45) is 2.93. The lowest BCUT2D eigenvalue weighted by atomic mass is 10.2. The van der Waals surface area contributed by atoms with Gasteiger partial charge in [-0.15, -0.1) is 11.3 Å². The highest BCUT2D eigenvalue weighted by Crippen LogP contribution is 2.21. The van der Waals surface area contributed by atoms with Gasteiger partial charge in [0.25, 0.3) is 0 Å². The highest BCUT2D eigenvalue weighted by atomic mass is 32.1. The van der Waals surface area contributed by atoms with Gasteiger partial charge in [0.2, 0.25) is 0 Å². The van der Waals surface area contributed by atoms with E-state index in [2.05, 4.69) is 24.1 Å². The molecule has 0 fully saturated rings. The van der Waals surface area contributed by atoms with Crippen molar-refractivity contribution in [3.8, 4) is 0 Å². The summed E-state index contributed by atoms with van der Waals surface area (Å²) in [4.78, 5) is 17.2. The molecule has 114 valence electrons. The molecule has 0 radical (unpaired) electrons. The van der Waals surface area contributed by atoms with Crippen molar-refractivity contribution in [1.29, 1.82) is 0 Å². The molecule has 0 aliphatic rings. The molecule has 0 amide bonds. The summed E-state index contributed by atoms with van der Waals surface area (Å²) in [5, 5.41) is 4.41. The number of hydrogen-bond donors (Lipinski definition) is 1. The predicted molar refractivity (Wildman–Crippen MR) is 81.5 cm³/mol. The first-order valence-electron chi connectivity index (χ1n) is 6.90. The maximum absolute atomic E-state index is 11.5. The molecule has 0 aliphatic heterocycles. The SMILES string of the molecule is CCc1cnc(C(C)NCc2cc(C(=O)OC)c(C)o2)s1. The summed E-state index contributed by atoms with van der Waals surface area (Å²) in [5.41, 5.74) is 0.476. The number of rotatable bonds is 6. The van der Waals surface area contributed by atoms with E-state index in [1.165, 1.54) is 12.0 Å². The maximum atomic E-state index is 11.5. The zero-order chi connectivity index (χ0) is 15.4. The van der Waals surface area contributed by atoms with E-state index in [4.69, 9.17) is 9.15 Å². The minimum Gasteiger partial charge on any atom is -0.465 e. The highest BCUT2D eigenvalue weighted by molar-refractivity contribution is 7.11. The summed E-state index contributed by atoms with van der Waals surface area (Å²) < 4.78 is 10.3. The molecule has 0 spiro atoms. The van der Waals surface area contributed by atoms with Crippen LogP contribution in [0.25, 0.3) is 0 Å². The molecular weight excluding hydrogens is 288 g/mol. The monoisotopic (exact) mass is 308 g/mol. The fourth-order valence-corrected chi connectivity index (χ4v) is 2.85. The minimum absolute atomic E-state index is 0.141. The van der Waals surface area contributed by atoms with Crippen molar-refractivity contribution in [2.24, 2.45) is 0 Å². The Bertz CT molecular complexity index is 618. The first-order chi connectivity index (χ1) is 10.0. The maximum Gasteiger partial charge on any atom is 0.341 e. The van der Waals surface area contributed by atoms with E-state index in [9.17, 15) is 4.79 Å². The fourth-order valence-electron chi connectivity index (χ4n) is 1.97. The van der Waals surface area contributed by atoms with Crippen molar-refractivity contribution >= 4 is 17.3 Å². The molecule has 21 heavy (non-hydrogen) atoms. The molecule has 1 atom stereocenters. The molecular formula is C15H20N2O3S. The average Bonchev–Trinajstić information content (AvgIpc) is 3.10. The highest BCUT2D eigenvalue weighted by Gasteiger charge is 2.16. The van der Waals surface area contributed by atoms with E-state index in [1.807, 2.05) is 6.20 Å². The van der Waals surface area contributed by atoms with Crippen LogP contribution < -0.4 is 5.32 Å². The van der Waals surface area contributed by atoms with Gasteiger partial charge in [0.15, 0.2) is 0 Å². The fraction of sp³-hybridized carbons (Fsp3) is 0.467. The minimum atomic E-state index is -0.372. The van der Waals surface area contributed by atoms with Crippen molar-refractivity contribution in [2.75, 3.05) is 7.11 Å². The number of thiazole rings is 1. The van der Waals surface area contributed by atoms with Crippen LogP contribution in [0.1, 0.15) is 51.7 Å². The third-order valence-electron chi connectivity index (χ3n) is 3.25. The number of methoxy groups -OCH3 is 1.